The molecule has 1 atom stereocenters. The summed E-state index contributed by atoms with van der Waals surface area (Å²) in [5.41, 5.74) is 5.53. The van der Waals surface area contributed by atoms with E-state index in [1.807, 2.05) is 10.0 Å². The Morgan fingerprint density at radius 3 is 2.55 bits per heavy atom. The summed E-state index contributed by atoms with van der Waals surface area (Å²) < 4.78 is 26.0. The molecule has 0 saturated heterocycles. The average molecular weight is 301 g/mol. The zero-order valence-electron chi connectivity index (χ0n) is 10.7. The number of nitrogens with one attached hydrogen (secondary N) is 2. The predicted molar refractivity (Wildman–Crippen MR) is 70.5 cm³/mol. The van der Waals surface area contributed by atoms with E-state index in [9.17, 15) is 18.0 Å². The number of benzene rings is 1. The van der Waals surface area contributed by atoms with Gasteiger partial charge in [-0.15, -0.1) is 0 Å². The van der Waals surface area contributed by atoms with Crippen molar-refractivity contribution in [2.45, 2.75) is 17.9 Å². The third-order valence-electron chi connectivity index (χ3n) is 2.38. The van der Waals surface area contributed by atoms with E-state index >= 15 is 0 Å². The van der Waals surface area contributed by atoms with Gasteiger partial charge in [0.2, 0.25) is 10.0 Å². The third kappa shape index (κ3) is 4.52. The fourth-order valence-corrected chi connectivity index (χ4v) is 2.71. The minimum Gasteiger partial charge on any atom is -0.480 e. The van der Waals surface area contributed by atoms with E-state index in [4.69, 9.17) is 10.8 Å². The summed E-state index contributed by atoms with van der Waals surface area (Å²) in [6, 6.07) is 3.56. The normalized spacial score (nSPS) is 12.7. The molecule has 8 nitrogen and oxygen atoms in total. The van der Waals surface area contributed by atoms with Crippen molar-refractivity contribution >= 4 is 22.0 Å². The smallest absolute Gasteiger partial charge is 0.323 e. The Hall–Kier alpha value is -2.13. The van der Waals surface area contributed by atoms with Crippen LogP contribution in [0.15, 0.2) is 29.2 Å². The highest BCUT2D eigenvalue weighted by molar-refractivity contribution is 7.89. The molecule has 0 radical (unpaired) electrons. The van der Waals surface area contributed by atoms with Crippen LogP contribution in [-0.2, 0) is 14.8 Å². The van der Waals surface area contributed by atoms with E-state index < -0.39 is 34.6 Å². The number of carbonyl (C=O) groups is 2. The van der Waals surface area contributed by atoms with Crippen molar-refractivity contribution in [3.05, 3.63) is 29.8 Å². The number of carbonyl (C=O) groups excluding carboxylic acids is 1. The van der Waals surface area contributed by atoms with E-state index in [1.165, 1.54) is 12.1 Å². The van der Waals surface area contributed by atoms with Gasteiger partial charge in [-0.25, -0.2) is 13.2 Å². The Labute approximate surface area is 116 Å². The van der Waals surface area contributed by atoms with Crippen LogP contribution < -0.4 is 15.8 Å². The number of nitrogens with two attached hydrogens (primary N) is 1. The molecule has 0 saturated carbocycles. The molecule has 0 aliphatic heterocycles. The van der Waals surface area contributed by atoms with Crippen LogP contribution in [0, 0.1) is 6.92 Å². The van der Waals surface area contributed by atoms with Gasteiger partial charge in [0.15, 0.2) is 0 Å². The molecular formula is C11H15N3O5S. The van der Waals surface area contributed by atoms with Crippen LogP contribution in [0.4, 0.5) is 4.79 Å². The summed E-state index contributed by atoms with van der Waals surface area (Å²) in [4.78, 5) is 21.5. The lowest BCUT2D eigenvalue weighted by Crippen LogP contribution is -2.49. The zero-order valence-corrected chi connectivity index (χ0v) is 11.5. The maximum Gasteiger partial charge on any atom is 0.323 e. The minimum atomic E-state index is -4.00. The number of aryl methyl sites for hydroxylation is 1. The molecule has 5 N–H and O–H groups in total. The van der Waals surface area contributed by atoms with E-state index in [2.05, 4.69) is 0 Å². The number of sulfonamides is 1. The van der Waals surface area contributed by atoms with Crippen LogP contribution in [0.1, 0.15) is 5.56 Å². The van der Waals surface area contributed by atoms with Gasteiger partial charge in [0.25, 0.3) is 0 Å². The highest BCUT2D eigenvalue weighted by atomic mass is 32.2. The predicted octanol–water partition coefficient (Wildman–Crippen LogP) is -0.605. The van der Waals surface area contributed by atoms with Crippen molar-refractivity contribution < 1.29 is 23.1 Å². The summed E-state index contributed by atoms with van der Waals surface area (Å²) in [5, 5.41) is 11.0. The molecular weight excluding hydrogens is 286 g/mol. The van der Waals surface area contributed by atoms with E-state index in [0.717, 1.165) is 5.56 Å². The van der Waals surface area contributed by atoms with Gasteiger partial charge >= 0.3 is 12.0 Å². The molecule has 0 aromatic heterocycles. The fourth-order valence-electron chi connectivity index (χ4n) is 1.42. The zero-order chi connectivity index (χ0) is 15.3. The third-order valence-corrected chi connectivity index (χ3v) is 3.85. The Kier molecular flexibility index (Phi) is 5.06. The van der Waals surface area contributed by atoms with Crippen molar-refractivity contribution in [2.75, 3.05) is 6.54 Å². The summed E-state index contributed by atoms with van der Waals surface area (Å²) in [6.45, 7) is 1.26. The van der Waals surface area contributed by atoms with Gasteiger partial charge in [0.05, 0.1) is 4.90 Å². The maximum atomic E-state index is 12.0. The SMILES string of the molecule is Cc1cccc(S(=O)(=O)N[C@@H](CNC(N)=O)C(=O)O)c1. The summed E-state index contributed by atoms with van der Waals surface area (Å²) in [5.74, 6) is -1.42. The first-order valence-corrected chi connectivity index (χ1v) is 7.06. The van der Waals surface area contributed by atoms with Crippen molar-refractivity contribution in [2.24, 2.45) is 5.73 Å². The second kappa shape index (κ2) is 6.35. The van der Waals surface area contributed by atoms with Crippen LogP contribution in [-0.4, -0.2) is 38.1 Å². The molecule has 0 fully saturated rings. The monoisotopic (exact) mass is 301 g/mol. The summed E-state index contributed by atoms with van der Waals surface area (Å²) >= 11 is 0. The standard InChI is InChI=1S/C11H15N3O5S/c1-7-3-2-4-8(5-7)20(18,19)14-9(10(15)16)6-13-11(12)17/h2-5,9,14H,6H2,1H3,(H,15,16)(H3,12,13,17)/t9-/m0/s1. The molecule has 1 aromatic carbocycles. The number of carboxylic acids is 1. The Morgan fingerprint density at radius 1 is 1.40 bits per heavy atom. The van der Waals surface area contributed by atoms with Gasteiger partial charge in [0, 0.05) is 6.54 Å². The fraction of sp³-hybridized carbons (Fsp3) is 0.273. The van der Waals surface area contributed by atoms with Gasteiger partial charge in [-0.05, 0) is 24.6 Å². The number of amides is 2. The van der Waals surface area contributed by atoms with Crippen LogP contribution in [0.5, 0.6) is 0 Å². The van der Waals surface area contributed by atoms with Gasteiger partial charge in [0.1, 0.15) is 6.04 Å². The molecule has 110 valence electrons. The highest BCUT2D eigenvalue weighted by Crippen LogP contribution is 2.11. The first kappa shape index (κ1) is 15.9. The second-order valence-electron chi connectivity index (χ2n) is 4.07. The van der Waals surface area contributed by atoms with Crippen molar-refractivity contribution in [1.29, 1.82) is 0 Å². The summed E-state index contributed by atoms with van der Waals surface area (Å²) in [6.07, 6.45) is 0. The number of rotatable bonds is 6. The topological polar surface area (TPSA) is 139 Å². The van der Waals surface area contributed by atoms with Crippen LogP contribution in [0.25, 0.3) is 0 Å². The Morgan fingerprint density at radius 2 is 2.05 bits per heavy atom. The molecule has 0 bridgehead atoms. The lowest BCUT2D eigenvalue weighted by Gasteiger charge is -2.15. The number of hydrogen-bond acceptors (Lipinski definition) is 4. The quantitative estimate of drug-likeness (QED) is 0.555. The number of primary amides is 1. The molecule has 20 heavy (non-hydrogen) atoms. The summed E-state index contributed by atoms with van der Waals surface area (Å²) in [7, 11) is -4.00. The lowest BCUT2D eigenvalue weighted by molar-refractivity contribution is -0.138. The second-order valence-corrected chi connectivity index (χ2v) is 5.79. The Balaban J connectivity index is 2.91. The molecule has 0 aliphatic rings. The van der Waals surface area contributed by atoms with Gasteiger partial charge in [-0.2, -0.15) is 4.72 Å². The average Bonchev–Trinajstić information content (AvgIpc) is 2.34. The van der Waals surface area contributed by atoms with Crippen molar-refractivity contribution in [3.8, 4) is 0 Å². The van der Waals surface area contributed by atoms with Crippen LogP contribution >= 0.6 is 0 Å². The van der Waals surface area contributed by atoms with Gasteiger partial charge in [-0.3, -0.25) is 4.79 Å². The molecule has 2 amide bonds. The largest absolute Gasteiger partial charge is 0.480 e. The van der Waals surface area contributed by atoms with E-state index in [1.54, 1.807) is 19.1 Å². The number of aliphatic carboxylic acids is 1. The number of carboxylic acid groups (broad SMARTS) is 1. The van der Waals surface area contributed by atoms with Gasteiger partial charge < -0.3 is 16.2 Å². The number of hydrogen-bond donors (Lipinski definition) is 4. The first-order valence-electron chi connectivity index (χ1n) is 5.57. The molecule has 1 rings (SSSR count). The van der Waals surface area contributed by atoms with Gasteiger partial charge in [-0.1, -0.05) is 12.1 Å². The maximum absolute atomic E-state index is 12.0. The van der Waals surface area contributed by atoms with Crippen molar-refractivity contribution in [1.82, 2.24) is 10.0 Å². The van der Waals surface area contributed by atoms with Crippen LogP contribution in [0.2, 0.25) is 0 Å². The molecule has 0 spiro atoms. The molecule has 0 unspecified atom stereocenters. The minimum absolute atomic E-state index is 0.0529. The molecule has 1 aromatic rings. The van der Waals surface area contributed by atoms with E-state index in [0.29, 0.717) is 0 Å². The van der Waals surface area contributed by atoms with E-state index in [-0.39, 0.29) is 4.90 Å². The highest BCUT2D eigenvalue weighted by Gasteiger charge is 2.25. The van der Waals surface area contributed by atoms with Crippen molar-refractivity contribution in [3.63, 3.8) is 0 Å². The molecule has 0 heterocycles. The molecule has 9 heteroatoms. The first-order chi connectivity index (χ1) is 9.22. The Bertz CT molecular complexity index is 614. The lowest BCUT2D eigenvalue weighted by atomic mass is 10.2. The molecule has 0 aliphatic carbocycles. The van der Waals surface area contributed by atoms with Crippen LogP contribution in [0.3, 0.4) is 0 Å². The number of urea groups is 1.